The smallest absolute Gasteiger partial charge is 0.145 e. The van der Waals surface area contributed by atoms with Crippen molar-refractivity contribution >= 4 is 17.3 Å². The van der Waals surface area contributed by atoms with Crippen LogP contribution in [0, 0.1) is 5.82 Å². The van der Waals surface area contributed by atoms with E-state index in [1.54, 1.807) is 24.3 Å². The lowest BCUT2D eigenvalue weighted by Crippen LogP contribution is -1.91. The lowest BCUT2D eigenvalue weighted by Gasteiger charge is -2.09. The van der Waals surface area contributed by atoms with E-state index in [2.05, 4.69) is 0 Å². The molecule has 0 bridgehead atoms. The third-order valence-corrected chi connectivity index (χ3v) is 2.57. The van der Waals surface area contributed by atoms with E-state index in [4.69, 9.17) is 26.8 Å². The predicted octanol–water partition coefficient (Wildman–Crippen LogP) is 3.86. The summed E-state index contributed by atoms with van der Waals surface area (Å²) in [5, 5.41) is 0.0486. The summed E-state index contributed by atoms with van der Waals surface area (Å²) in [7, 11) is 1.53. The molecule has 0 aromatic heterocycles. The van der Waals surface area contributed by atoms with Gasteiger partial charge in [-0.25, -0.2) is 4.39 Å². The van der Waals surface area contributed by atoms with Crippen LogP contribution in [0.3, 0.4) is 0 Å². The zero-order valence-electron chi connectivity index (χ0n) is 9.61. The Kier molecular flexibility index (Phi) is 3.58. The molecule has 0 saturated carbocycles. The monoisotopic (exact) mass is 267 g/mol. The van der Waals surface area contributed by atoms with Crippen molar-refractivity contribution in [2.45, 2.75) is 0 Å². The van der Waals surface area contributed by atoms with Gasteiger partial charge in [-0.05, 0) is 12.1 Å². The molecule has 3 nitrogen and oxygen atoms in total. The summed E-state index contributed by atoms with van der Waals surface area (Å²) in [6.07, 6.45) is 0. The average Bonchev–Trinajstić information content (AvgIpc) is 2.33. The van der Waals surface area contributed by atoms with Gasteiger partial charge < -0.3 is 15.2 Å². The van der Waals surface area contributed by atoms with Crippen LogP contribution in [0.5, 0.6) is 17.2 Å². The van der Waals surface area contributed by atoms with Gasteiger partial charge in [-0.1, -0.05) is 11.6 Å². The highest BCUT2D eigenvalue weighted by molar-refractivity contribution is 6.30. The Morgan fingerprint density at radius 1 is 1.06 bits per heavy atom. The summed E-state index contributed by atoms with van der Waals surface area (Å²) in [6, 6.07) is 9.14. The second kappa shape index (κ2) is 5.14. The van der Waals surface area contributed by atoms with Crippen molar-refractivity contribution in [3.63, 3.8) is 0 Å². The van der Waals surface area contributed by atoms with Crippen LogP contribution in [0.2, 0.25) is 5.02 Å². The zero-order chi connectivity index (χ0) is 13.1. The maximum atomic E-state index is 13.2. The normalized spacial score (nSPS) is 10.2. The number of hydrogen-bond donors (Lipinski definition) is 1. The molecule has 0 aliphatic heterocycles. The van der Waals surface area contributed by atoms with E-state index in [1.807, 2.05) is 0 Å². The van der Waals surface area contributed by atoms with Crippen LogP contribution in [0.1, 0.15) is 0 Å². The molecule has 94 valence electrons. The van der Waals surface area contributed by atoms with Gasteiger partial charge in [-0.15, -0.1) is 0 Å². The van der Waals surface area contributed by atoms with Gasteiger partial charge in [-0.2, -0.15) is 0 Å². The van der Waals surface area contributed by atoms with Crippen LogP contribution >= 0.6 is 11.6 Å². The Morgan fingerprint density at radius 2 is 1.78 bits per heavy atom. The summed E-state index contributed by atoms with van der Waals surface area (Å²) in [4.78, 5) is 0. The van der Waals surface area contributed by atoms with Crippen molar-refractivity contribution in [2.75, 3.05) is 12.8 Å². The van der Waals surface area contributed by atoms with Gasteiger partial charge in [0.05, 0.1) is 12.1 Å². The molecule has 0 spiro atoms. The van der Waals surface area contributed by atoms with Crippen LogP contribution in [0.4, 0.5) is 10.1 Å². The molecule has 0 radical (unpaired) electrons. The van der Waals surface area contributed by atoms with Gasteiger partial charge in [0.15, 0.2) is 0 Å². The molecule has 2 aromatic rings. The number of hydrogen-bond acceptors (Lipinski definition) is 3. The highest BCUT2D eigenvalue weighted by Crippen LogP contribution is 2.29. The number of halogens is 2. The maximum absolute atomic E-state index is 13.2. The first-order chi connectivity index (χ1) is 8.58. The van der Waals surface area contributed by atoms with Crippen molar-refractivity contribution in [3.8, 4) is 17.2 Å². The van der Waals surface area contributed by atoms with Gasteiger partial charge in [-0.3, -0.25) is 0 Å². The third-order valence-electron chi connectivity index (χ3n) is 2.26. The fourth-order valence-corrected chi connectivity index (χ4v) is 1.56. The number of benzene rings is 2. The molecule has 0 aliphatic rings. The second-order valence-corrected chi connectivity index (χ2v) is 4.03. The highest BCUT2D eigenvalue weighted by Gasteiger charge is 2.05. The Balaban J connectivity index is 2.27. The van der Waals surface area contributed by atoms with E-state index in [1.165, 1.54) is 19.2 Å². The molecule has 0 saturated heterocycles. The Morgan fingerprint density at radius 3 is 2.44 bits per heavy atom. The summed E-state index contributed by atoms with van der Waals surface area (Å²) in [5.74, 6) is 0.836. The molecule has 18 heavy (non-hydrogen) atoms. The summed E-state index contributed by atoms with van der Waals surface area (Å²) < 4.78 is 23.8. The molecular formula is C13H11ClFNO2. The fraction of sp³-hybridized carbons (Fsp3) is 0.0769. The second-order valence-electron chi connectivity index (χ2n) is 3.62. The standard InChI is InChI=1S/C13H11ClFNO2/c1-17-10-4-8(16)5-11(6-10)18-9-2-3-12(14)13(15)7-9/h2-7H,16H2,1H3. The summed E-state index contributed by atoms with van der Waals surface area (Å²) >= 11 is 5.59. The van der Waals surface area contributed by atoms with Gasteiger partial charge in [0.2, 0.25) is 0 Å². The number of ether oxygens (including phenoxy) is 2. The van der Waals surface area contributed by atoms with Crippen LogP contribution in [0.15, 0.2) is 36.4 Å². The third kappa shape index (κ3) is 2.84. The summed E-state index contributed by atoms with van der Waals surface area (Å²) in [6.45, 7) is 0. The largest absolute Gasteiger partial charge is 0.497 e. The SMILES string of the molecule is COc1cc(N)cc(Oc2ccc(Cl)c(F)c2)c1. The number of methoxy groups -OCH3 is 1. The minimum Gasteiger partial charge on any atom is -0.497 e. The number of nitrogens with two attached hydrogens (primary N) is 1. The van der Waals surface area contributed by atoms with Crippen molar-refractivity contribution in [1.29, 1.82) is 0 Å². The lowest BCUT2D eigenvalue weighted by atomic mass is 10.3. The van der Waals surface area contributed by atoms with Crippen molar-refractivity contribution < 1.29 is 13.9 Å². The molecule has 2 N–H and O–H groups in total. The van der Waals surface area contributed by atoms with E-state index >= 15 is 0 Å². The molecular weight excluding hydrogens is 257 g/mol. The highest BCUT2D eigenvalue weighted by atomic mass is 35.5. The molecule has 5 heteroatoms. The average molecular weight is 268 g/mol. The Labute approximate surface area is 109 Å². The minimum atomic E-state index is -0.537. The summed E-state index contributed by atoms with van der Waals surface area (Å²) in [5.41, 5.74) is 6.19. The van der Waals surface area contributed by atoms with Crippen LogP contribution < -0.4 is 15.2 Å². The van der Waals surface area contributed by atoms with E-state index in [0.29, 0.717) is 22.9 Å². The molecule has 2 aromatic carbocycles. The molecule has 0 unspecified atom stereocenters. The molecule has 0 amide bonds. The van der Waals surface area contributed by atoms with Gasteiger partial charge in [0.1, 0.15) is 23.1 Å². The molecule has 0 aliphatic carbocycles. The van der Waals surface area contributed by atoms with E-state index in [9.17, 15) is 4.39 Å². The molecule has 0 atom stereocenters. The predicted molar refractivity (Wildman–Crippen MR) is 68.9 cm³/mol. The fourth-order valence-electron chi connectivity index (χ4n) is 1.45. The lowest BCUT2D eigenvalue weighted by molar-refractivity contribution is 0.409. The van der Waals surface area contributed by atoms with E-state index in [-0.39, 0.29) is 5.02 Å². The number of nitrogen functional groups attached to an aromatic ring is 1. The molecule has 2 rings (SSSR count). The molecule has 0 fully saturated rings. The number of rotatable bonds is 3. The van der Waals surface area contributed by atoms with E-state index < -0.39 is 5.82 Å². The quantitative estimate of drug-likeness (QED) is 0.859. The maximum Gasteiger partial charge on any atom is 0.145 e. The topological polar surface area (TPSA) is 44.5 Å². The van der Waals surface area contributed by atoms with Crippen LogP contribution in [-0.2, 0) is 0 Å². The van der Waals surface area contributed by atoms with Gasteiger partial charge in [0.25, 0.3) is 0 Å². The first kappa shape index (κ1) is 12.5. The Hall–Kier alpha value is -1.94. The van der Waals surface area contributed by atoms with Crippen LogP contribution in [0.25, 0.3) is 0 Å². The van der Waals surface area contributed by atoms with Crippen molar-refractivity contribution in [2.24, 2.45) is 0 Å². The first-order valence-corrected chi connectivity index (χ1v) is 5.54. The van der Waals surface area contributed by atoms with Crippen molar-refractivity contribution in [1.82, 2.24) is 0 Å². The number of anilines is 1. The van der Waals surface area contributed by atoms with Gasteiger partial charge in [0, 0.05) is 30.0 Å². The minimum absolute atomic E-state index is 0.0486. The molecule has 0 heterocycles. The first-order valence-electron chi connectivity index (χ1n) is 5.16. The van der Waals surface area contributed by atoms with Crippen molar-refractivity contribution in [3.05, 3.63) is 47.2 Å². The Bertz CT molecular complexity index is 575. The van der Waals surface area contributed by atoms with Gasteiger partial charge >= 0.3 is 0 Å². The van der Waals surface area contributed by atoms with Crippen LogP contribution in [-0.4, -0.2) is 7.11 Å². The zero-order valence-corrected chi connectivity index (χ0v) is 10.4. The van der Waals surface area contributed by atoms with E-state index in [0.717, 1.165) is 0 Å².